The molecule has 0 bridgehead atoms. The molecule has 10 heteroatoms. The highest BCUT2D eigenvalue weighted by atomic mass is 19.1. The number of hydrogen-bond donors (Lipinski definition) is 3. The van der Waals surface area contributed by atoms with Crippen molar-refractivity contribution in [3.63, 3.8) is 0 Å². The van der Waals surface area contributed by atoms with Crippen LogP contribution in [0.1, 0.15) is 122 Å². The Balaban J connectivity index is 1.96. The van der Waals surface area contributed by atoms with E-state index in [1.165, 1.54) is 0 Å². The van der Waals surface area contributed by atoms with Crippen LogP contribution in [-0.4, -0.2) is 53.3 Å². The molecule has 2 aromatic rings. The maximum Gasteiger partial charge on any atom is 0.220 e. The number of carbonyl (C=O) groups is 4. The van der Waals surface area contributed by atoms with Crippen molar-refractivity contribution in [3.8, 4) is 0 Å². The summed E-state index contributed by atoms with van der Waals surface area (Å²) in [7, 11) is 0. The topological polar surface area (TPSA) is 122 Å². The van der Waals surface area contributed by atoms with Gasteiger partial charge in [0, 0.05) is 38.1 Å². The van der Waals surface area contributed by atoms with Crippen molar-refractivity contribution in [1.82, 2.24) is 10.6 Å². The Morgan fingerprint density at radius 3 is 2.08 bits per heavy atom. The Hall–Kier alpha value is -3.50. The van der Waals surface area contributed by atoms with Crippen molar-refractivity contribution >= 4 is 23.4 Å². The maximum atomic E-state index is 14.4. The molecule has 0 aliphatic rings. The lowest BCUT2D eigenvalue weighted by Gasteiger charge is -2.27. The van der Waals surface area contributed by atoms with Crippen LogP contribution in [-0.2, 0) is 36.9 Å². The van der Waals surface area contributed by atoms with Gasteiger partial charge in [0.15, 0.2) is 5.78 Å². The van der Waals surface area contributed by atoms with E-state index in [0.29, 0.717) is 38.5 Å². The van der Waals surface area contributed by atoms with Crippen molar-refractivity contribution in [2.75, 3.05) is 6.61 Å². The minimum Gasteiger partial charge on any atom is -0.383 e. The van der Waals surface area contributed by atoms with Crippen molar-refractivity contribution < 1.29 is 37.8 Å². The van der Waals surface area contributed by atoms with Gasteiger partial charge in [-0.15, -0.1) is 0 Å². The zero-order valence-electron chi connectivity index (χ0n) is 30.4. The lowest BCUT2D eigenvalue weighted by Crippen LogP contribution is -2.49. The maximum absolute atomic E-state index is 14.4. The largest absolute Gasteiger partial charge is 0.383 e. The Morgan fingerprint density at radius 2 is 1.44 bits per heavy atom. The predicted octanol–water partition coefficient (Wildman–Crippen LogP) is 7.33. The Morgan fingerprint density at radius 1 is 0.820 bits per heavy atom. The molecule has 0 heterocycles. The highest BCUT2D eigenvalue weighted by molar-refractivity contribution is 5.85. The number of halogens is 2. The normalized spacial score (nSPS) is 13.3. The first kappa shape index (κ1) is 42.7. The van der Waals surface area contributed by atoms with Gasteiger partial charge in [-0.2, -0.15) is 0 Å². The molecule has 0 saturated carbocycles. The van der Waals surface area contributed by atoms with Crippen molar-refractivity contribution in [2.45, 2.75) is 142 Å². The fourth-order valence-corrected chi connectivity index (χ4v) is 5.69. The van der Waals surface area contributed by atoms with Crippen molar-refractivity contribution in [1.29, 1.82) is 0 Å². The van der Waals surface area contributed by atoms with Crippen molar-refractivity contribution in [3.05, 3.63) is 71.3 Å². The number of aliphatic hydroxyl groups is 1. The van der Waals surface area contributed by atoms with E-state index < -0.39 is 41.0 Å². The molecule has 50 heavy (non-hydrogen) atoms. The molecule has 0 aliphatic carbocycles. The summed E-state index contributed by atoms with van der Waals surface area (Å²) in [4.78, 5) is 51.5. The van der Waals surface area contributed by atoms with Crippen LogP contribution in [0.2, 0.25) is 0 Å². The molecule has 0 spiro atoms. The monoisotopic (exact) mass is 700 g/mol. The summed E-state index contributed by atoms with van der Waals surface area (Å²) in [6.45, 7) is 8.18. The zero-order valence-corrected chi connectivity index (χ0v) is 30.4. The second-order valence-corrected chi connectivity index (χ2v) is 14.1. The van der Waals surface area contributed by atoms with Crippen LogP contribution in [0.5, 0.6) is 0 Å². The van der Waals surface area contributed by atoms with Gasteiger partial charge >= 0.3 is 0 Å². The van der Waals surface area contributed by atoms with Gasteiger partial charge in [0.25, 0.3) is 0 Å². The molecule has 2 amide bonds. The number of ketones is 2. The van der Waals surface area contributed by atoms with Crippen LogP contribution in [0.25, 0.3) is 0 Å². The molecular weight excluding hydrogens is 642 g/mol. The van der Waals surface area contributed by atoms with Gasteiger partial charge in [0.1, 0.15) is 23.5 Å². The first-order valence-electron chi connectivity index (χ1n) is 18.2. The number of unbranched alkanes of at least 4 members (excludes halogenated alkanes) is 4. The molecule has 0 saturated heterocycles. The van der Waals surface area contributed by atoms with E-state index in [1.54, 1.807) is 0 Å². The number of aliphatic hydroxyl groups excluding tert-OH is 1. The van der Waals surface area contributed by atoms with Gasteiger partial charge < -0.3 is 20.5 Å². The van der Waals surface area contributed by atoms with Crippen molar-refractivity contribution in [2.24, 2.45) is 5.41 Å². The molecule has 2 rings (SSSR count). The van der Waals surface area contributed by atoms with E-state index >= 15 is 0 Å². The smallest absolute Gasteiger partial charge is 0.220 e. The molecule has 3 N–H and O–H groups in total. The standard InChI is InChI=1S/C40H58F2N2O6/c1-5-7-10-16-37(47)43-32(25-30-24-31(41)18-19-34(30)42)26-33(45)20-22-40(3,4)23-21-36(46)39(49)35(44-38(48)17-11-8-6-2)28-50-27-29-14-12-9-13-15-29/h9,12-15,18-19,24,32,35,39,49H,5-8,10-11,16-17,20-23,25-28H2,1-4H3,(H,43,47)(H,44,48). The van der Waals surface area contributed by atoms with Gasteiger partial charge in [0.05, 0.1) is 19.3 Å². The summed E-state index contributed by atoms with van der Waals surface area (Å²) >= 11 is 0. The Labute approximate surface area is 297 Å². The number of carbonyl (C=O) groups excluding carboxylic acids is 4. The fraction of sp³-hybridized carbons (Fsp3) is 0.600. The number of rotatable bonds is 26. The Bertz CT molecular complexity index is 1340. The summed E-state index contributed by atoms with van der Waals surface area (Å²) in [6.07, 6.45) is 5.24. The van der Waals surface area contributed by atoms with Gasteiger partial charge in [0.2, 0.25) is 11.8 Å². The number of ether oxygens (including phenoxy) is 1. The van der Waals surface area contributed by atoms with E-state index in [-0.39, 0.29) is 62.1 Å². The Kier molecular flexibility index (Phi) is 19.7. The number of benzene rings is 2. The zero-order chi connectivity index (χ0) is 36.9. The van der Waals surface area contributed by atoms with E-state index in [2.05, 4.69) is 10.6 Å². The highest BCUT2D eigenvalue weighted by Gasteiger charge is 2.30. The number of Topliss-reactive ketones (excluding diaryl/α,β-unsaturated/α-hetero) is 2. The van der Waals surface area contributed by atoms with Gasteiger partial charge in [-0.25, -0.2) is 8.78 Å². The summed E-state index contributed by atoms with van der Waals surface area (Å²) in [5, 5.41) is 16.7. The number of hydrogen-bond acceptors (Lipinski definition) is 6. The lowest BCUT2D eigenvalue weighted by molar-refractivity contribution is -0.132. The summed E-state index contributed by atoms with van der Waals surface area (Å²) in [5.41, 5.74) is 0.579. The van der Waals surface area contributed by atoms with Crippen LogP contribution in [0.4, 0.5) is 8.78 Å². The number of amides is 2. The summed E-state index contributed by atoms with van der Waals surface area (Å²) in [5.74, 6) is -2.23. The lowest BCUT2D eigenvalue weighted by atomic mass is 9.81. The molecule has 0 aromatic heterocycles. The first-order chi connectivity index (χ1) is 23.8. The third-order valence-electron chi connectivity index (χ3n) is 8.92. The third kappa shape index (κ3) is 17.4. The molecule has 8 nitrogen and oxygen atoms in total. The van der Waals surface area contributed by atoms with Crippen LogP contribution < -0.4 is 10.6 Å². The van der Waals surface area contributed by atoms with Gasteiger partial charge in [-0.1, -0.05) is 83.7 Å². The average Bonchev–Trinajstić information content (AvgIpc) is 3.08. The molecule has 0 radical (unpaired) electrons. The summed E-state index contributed by atoms with van der Waals surface area (Å²) < 4.78 is 34.1. The van der Waals surface area contributed by atoms with E-state index in [4.69, 9.17) is 4.74 Å². The van der Waals surface area contributed by atoms with E-state index in [9.17, 15) is 33.1 Å². The fourth-order valence-electron chi connectivity index (χ4n) is 5.69. The van der Waals surface area contributed by atoms with Crippen LogP contribution in [0.3, 0.4) is 0 Å². The molecule has 0 aliphatic heterocycles. The summed E-state index contributed by atoms with van der Waals surface area (Å²) in [6, 6.07) is 11.0. The molecular formula is C40H58F2N2O6. The van der Waals surface area contributed by atoms with Gasteiger partial charge in [-0.05, 0) is 66.8 Å². The number of nitrogens with one attached hydrogen (secondary N) is 2. The second-order valence-electron chi connectivity index (χ2n) is 14.1. The van der Waals surface area contributed by atoms with E-state index in [1.807, 2.05) is 58.0 Å². The first-order valence-corrected chi connectivity index (χ1v) is 18.2. The quantitative estimate of drug-likeness (QED) is 0.0884. The SMILES string of the molecule is CCCCCC(=O)NC(CC(=O)CCC(C)(C)CCC(=O)C(O)C(COCc1ccccc1)NC(=O)CCCCC)Cc1cc(F)ccc1F. The van der Waals surface area contributed by atoms with Crippen LogP contribution >= 0.6 is 0 Å². The third-order valence-corrected chi connectivity index (χ3v) is 8.92. The molecule has 2 aromatic carbocycles. The second kappa shape index (κ2) is 23.1. The van der Waals surface area contributed by atoms with Crippen LogP contribution in [0.15, 0.2) is 48.5 Å². The van der Waals surface area contributed by atoms with Gasteiger partial charge in [-0.3, -0.25) is 19.2 Å². The van der Waals surface area contributed by atoms with E-state index in [0.717, 1.165) is 49.4 Å². The predicted molar refractivity (Wildman–Crippen MR) is 191 cm³/mol. The molecule has 278 valence electrons. The van der Waals surface area contributed by atoms with Crippen LogP contribution in [0, 0.1) is 17.0 Å². The highest BCUT2D eigenvalue weighted by Crippen LogP contribution is 2.29. The minimum atomic E-state index is -1.46. The molecule has 3 atom stereocenters. The molecule has 0 fully saturated rings. The average molecular weight is 701 g/mol. The molecule has 3 unspecified atom stereocenters. The minimum absolute atomic E-state index is 0.0179.